The molecular weight excluding hydrogens is 230 g/mol. The highest BCUT2D eigenvalue weighted by atomic mass is 16.3. The van der Waals surface area contributed by atoms with Crippen LogP contribution in [0.25, 0.3) is 11.0 Å². The number of fused-ring (bicyclic) bond motifs is 1. The van der Waals surface area contributed by atoms with Crippen molar-refractivity contribution in [3.8, 4) is 0 Å². The topological polar surface area (TPSA) is 67.2 Å². The number of hydrogen-bond donors (Lipinski definition) is 2. The van der Waals surface area contributed by atoms with Gasteiger partial charge in [-0.2, -0.15) is 0 Å². The van der Waals surface area contributed by atoms with E-state index in [-0.39, 0.29) is 5.91 Å². The molecule has 0 aliphatic heterocycles. The van der Waals surface area contributed by atoms with Gasteiger partial charge in [0.25, 0.3) is 0 Å². The lowest BCUT2D eigenvalue weighted by Crippen LogP contribution is -2.34. The van der Waals surface area contributed by atoms with E-state index in [1.165, 1.54) is 6.92 Å². The number of carbonyl (C=O) groups is 1. The lowest BCUT2D eigenvalue weighted by atomic mass is 10.3. The summed E-state index contributed by atoms with van der Waals surface area (Å²) in [4.78, 5) is 15.7. The first-order valence-electron chi connectivity index (χ1n) is 5.97. The molecule has 0 radical (unpaired) electrons. The summed E-state index contributed by atoms with van der Waals surface area (Å²) in [5.74, 6) is 0.569. The zero-order valence-corrected chi connectivity index (χ0v) is 10.6. The average molecular weight is 247 g/mol. The van der Waals surface area contributed by atoms with Crippen molar-refractivity contribution in [1.82, 2.24) is 14.9 Å². The maximum Gasteiger partial charge on any atom is 0.248 e. The molecule has 1 unspecified atom stereocenters. The summed E-state index contributed by atoms with van der Waals surface area (Å²) in [7, 11) is 0. The molecular formula is C13H17N3O2. The highest BCUT2D eigenvalue weighted by Gasteiger charge is 2.09. The Labute approximate surface area is 105 Å². The number of benzene rings is 1. The molecule has 0 fully saturated rings. The molecule has 0 saturated heterocycles. The number of nitrogens with one attached hydrogen (secondary N) is 1. The maximum absolute atomic E-state index is 11.2. The van der Waals surface area contributed by atoms with Crippen LogP contribution in [-0.2, 0) is 11.3 Å². The number of para-hydroxylation sites is 2. The molecule has 1 aromatic carbocycles. The number of nitrogens with zero attached hydrogens (tertiary/aromatic N) is 2. The normalized spacial score (nSPS) is 12.6. The Bertz CT molecular complexity index is 560. The molecule has 2 aromatic rings. The summed E-state index contributed by atoms with van der Waals surface area (Å²) in [6.45, 7) is 4.51. The van der Waals surface area contributed by atoms with Crippen LogP contribution in [0.5, 0.6) is 0 Å². The number of hydrogen-bond acceptors (Lipinski definition) is 3. The molecule has 0 aliphatic carbocycles. The van der Waals surface area contributed by atoms with Gasteiger partial charge in [0.2, 0.25) is 5.91 Å². The second-order valence-corrected chi connectivity index (χ2v) is 4.27. The van der Waals surface area contributed by atoms with Gasteiger partial charge in [0.15, 0.2) is 0 Å². The molecule has 18 heavy (non-hydrogen) atoms. The first kappa shape index (κ1) is 12.6. The second-order valence-electron chi connectivity index (χ2n) is 4.27. The summed E-state index contributed by atoms with van der Waals surface area (Å²) < 4.78 is 2.05. The van der Waals surface area contributed by atoms with Crippen LogP contribution in [0.2, 0.25) is 0 Å². The van der Waals surface area contributed by atoms with E-state index in [9.17, 15) is 4.79 Å². The molecule has 5 heteroatoms. The smallest absolute Gasteiger partial charge is 0.248 e. The standard InChI is InChI=1S/C13H17N3O2/c1-9(17)13(18)14-7-8-16-10(2)15-11-5-3-4-6-12(11)16/h3-6,9,17H,7-8H2,1-2H3,(H,14,18). The lowest BCUT2D eigenvalue weighted by molar-refractivity contribution is -0.128. The fourth-order valence-electron chi connectivity index (χ4n) is 1.92. The number of aliphatic hydroxyl groups excluding tert-OH is 1. The van der Waals surface area contributed by atoms with Gasteiger partial charge in [0.1, 0.15) is 11.9 Å². The number of imidazole rings is 1. The Morgan fingerprint density at radius 1 is 1.50 bits per heavy atom. The van der Waals surface area contributed by atoms with E-state index in [2.05, 4.69) is 14.9 Å². The van der Waals surface area contributed by atoms with Gasteiger partial charge in [0, 0.05) is 13.1 Å². The molecule has 1 aromatic heterocycles. The lowest BCUT2D eigenvalue weighted by Gasteiger charge is -2.09. The number of amides is 1. The number of aryl methyl sites for hydroxylation is 1. The molecule has 2 N–H and O–H groups in total. The Morgan fingerprint density at radius 3 is 2.94 bits per heavy atom. The third-order valence-electron chi connectivity index (χ3n) is 2.86. The van der Waals surface area contributed by atoms with Crippen LogP contribution in [0.1, 0.15) is 12.7 Å². The third-order valence-corrected chi connectivity index (χ3v) is 2.86. The molecule has 0 spiro atoms. The zero-order chi connectivity index (χ0) is 13.1. The van der Waals surface area contributed by atoms with E-state index >= 15 is 0 Å². The SMILES string of the molecule is Cc1nc2ccccc2n1CCNC(=O)C(C)O. The van der Waals surface area contributed by atoms with Crippen LogP contribution in [0.15, 0.2) is 24.3 Å². The number of rotatable bonds is 4. The fourth-order valence-corrected chi connectivity index (χ4v) is 1.92. The van der Waals surface area contributed by atoms with Crippen molar-refractivity contribution in [3.63, 3.8) is 0 Å². The van der Waals surface area contributed by atoms with Crippen LogP contribution >= 0.6 is 0 Å². The quantitative estimate of drug-likeness (QED) is 0.841. The summed E-state index contributed by atoms with van der Waals surface area (Å²) >= 11 is 0. The molecule has 0 saturated carbocycles. The largest absolute Gasteiger partial charge is 0.384 e. The van der Waals surface area contributed by atoms with Crippen molar-refractivity contribution in [2.24, 2.45) is 0 Å². The molecule has 0 bridgehead atoms. The maximum atomic E-state index is 11.2. The van der Waals surface area contributed by atoms with Gasteiger partial charge < -0.3 is 15.0 Å². The van der Waals surface area contributed by atoms with Crippen molar-refractivity contribution in [2.75, 3.05) is 6.54 Å². The summed E-state index contributed by atoms with van der Waals surface area (Å²) in [5.41, 5.74) is 2.01. The van der Waals surface area contributed by atoms with E-state index in [0.29, 0.717) is 13.1 Å². The van der Waals surface area contributed by atoms with Crippen molar-refractivity contribution in [3.05, 3.63) is 30.1 Å². The van der Waals surface area contributed by atoms with Gasteiger partial charge >= 0.3 is 0 Å². The van der Waals surface area contributed by atoms with Gasteiger partial charge in [-0.15, -0.1) is 0 Å². The predicted molar refractivity (Wildman–Crippen MR) is 69.2 cm³/mol. The van der Waals surface area contributed by atoms with Gasteiger partial charge in [-0.1, -0.05) is 12.1 Å². The zero-order valence-electron chi connectivity index (χ0n) is 10.6. The Kier molecular flexibility index (Phi) is 3.62. The highest BCUT2D eigenvalue weighted by Crippen LogP contribution is 2.14. The molecule has 1 atom stereocenters. The molecule has 1 heterocycles. The Hall–Kier alpha value is -1.88. The van der Waals surface area contributed by atoms with Crippen LogP contribution < -0.4 is 5.32 Å². The van der Waals surface area contributed by atoms with Crippen LogP contribution in [0.3, 0.4) is 0 Å². The molecule has 5 nitrogen and oxygen atoms in total. The molecule has 2 rings (SSSR count). The third kappa shape index (κ3) is 2.51. The van der Waals surface area contributed by atoms with Gasteiger partial charge in [-0.25, -0.2) is 4.98 Å². The number of aliphatic hydroxyl groups is 1. The first-order chi connectivity index (χ1) is 8.59. The summed E-state index contributed by atoms with van der Waals surface area (Å²) in [6.07, 6.45) is -0.967. The monoisotopic (exact) mass is 247 g/mol. The van der Waals surface area contributed by atoms with Gasteiger partial charge in [0.05, 0.1) is 11.0 Å². The van der Waals surface area contributed by atoms with E-state index in [1.807, 2.05) is 31.2 Å². The summed E-state index contributed by atoms with van der Waals surface area (Å²) in [6, 6.07) is 7.89. The first-order valence-corrected chi connectivity index (χ1v) is 5.97. The van der Waals surface area contributed by atoms with Crippen LogP contribution in [0.4, 0.5) is 0 Å². The van der Waals surface area contributed by atoms with Crippen molar-refractivity contribution in [2.45, 2.75) is 26.5 Å². The van der Waals surface area contributed by atoms with Crippen LogP contribution in [0, 0.1) is 6.92 Å². The van der Waals surface area contributed by atoms with E-state index in [1.54, 1.807) is 0 Å². The van der Waals surface area contributed by atoms with E-state index in [4.69, 9.17) is 5.11 Å². The fraction of sp³-hybridized carbons (Fsp3) is 0.385. The highest BCUT2D eigenvalue weighted by molar-refractivity contribution is 5.80. The van der Waals surface area contributed by atoms with Gasteiger partial charge in [-0.3, -0.25) is 4.79 Å². The second kappa shape index (κ2) is 5.18. The minimum atomic E-state index is -0.967. The van der Waals surface area contributed by atoms with Crippen LogP contribution in [-0.4, -0.2) is 33.2 Å². The predicted octanol–water partition coefficient (Wildman–Crippen LogP) is 0.842. The Morgan fingerprint density at radius 2 is 2.22 bits per heavy atom. The average Bonchev–Trinajstić information content (AvgIpc) is 2.65. The molecule has 96 valence electrons. The van der Waals surface area contributed by atoms with Crippen molar-refractivity contribution >= 4 is 16.9 Å². The molecule has 0 aliphatic rings. The minimum absolute atomic E-state index is 0.350. The van der Waals surface area contributed by atoms with E-state index < -0.39 is 6.10 Å². The van der Waals surface area contributed by atoms with Crippen molar-refractivity contribution < 1.29 is 9.90 Å². The number of carbonyl (C=O) groups excluding carboxylic acids is 1. The Balaban J connectivity index is 2.08. The molecule has 1 amide bonds. The van der Waals surface area contributed by atoms with Crippen molar-refractivity contribution in [1.29, 1.82) is 0 Å². The minimum Gasteiger partial charge on any atom is -0.384 e. The van der Waals surface area contributed by atoms with E-state index in [0.717, 1.165) is 16.9 Å². The number of aromatic nitrogens is 2. The van der Waals surface area contributed by atoms with Gasteiger partial charge in [-0.05, 0) is 26.0 Å². The summed E-state index contributed by atoms with van der Waals surface area (Å²) in [5, 5.41) is 11.7.